The van der Waals surface area contributed by atoms with E-state index >= 15 is 0 Å². The Hall–Kier alpha value is -1.32. The Kier molecular flexibility index (Phi) is 3.35. The normalized spacial score (nSPS) is 17.4. The van der Waals surface area contributed by atoms with E-state index < -0.39 is 0 Å². The molecule has 2 N–H and O–H groups in total. The molecule has 1 aromatic carbocycles. The molecule has 0 unspecified atom stereocenters. The van der Waals surface area contributed by atoms with Crippen molar-refractivity contribution in [1.82, 2.24) is 4.90 Å². The highest BCUT2D eigenvalue weighted by molar-refractivity contribution is 5.81. The van der Waals surface area contributed by atoms with Crippen LogP contribution in [0.1, 0.15) is 30.6 Å². The number of rotatable bonds is 3. The molecule has 3 nitrogen and oxygen atoms in total. The Bertz CT molecular complexity index is 526. The van der Waals surface area contributed by atoms with Gasteiger partial charge in [-0.05, 0) is 43.6 Å². The molecule has 18 heavy (non-hydrogen) atoms. The molecule has 0 saturated carbocycles. The molecule has 1 saturated heterocycles. The lowest BCUT2D eigenvalue weighted by Gasteiger charge is -2.25. The first-order valence-corrected chi connectivity index (χ1v) is 6.79. The van der Waals surface area contributed by atoms with E-state index in [1.165, 1.54) is 43.3 Å². The molecule has 1 aliphatic rings. The van der Waals surface area contributed by atoms with Crippen molar-refractivity contribution in [2.45, 2.75) is 32.4 Å². The van der Waals surface area contributed by atoms with E-state index in [1.54, 1.807) is 0 Å². The number of piperidine rings is 1. The maximum absolute atomic E-state index is 5.92. The van der Waals surface area contributed by atoms with E-state index in [0.29, 0.717) is 6.54 Å². The minimum atomic E-state index is 0.569. The zero-order valence-corrected chi connectivity index (χ0v) is 10.7. The summed E-state index contributed by atoms with van der Waals surface area (Å²) in [6.45, 7) is 3.89. The van der Waals surface area contributed by atoms with Crippen LogP contribution >= 0.6 is 0 Å². The van der Waals surface area contributed by atoms with Gasteiger partial charge >= 0.3 is 0 Å². The maximum atomic E-state index is 5.92. The van der Waals surface area contributed by atoms with Crippen molar-refractivity contribution in [3.05, 3.63) is 35.6 Å². The molecule has 2 aromatic rings. The molecule has 1 aliphatic heterocycles. The fourth-order valence-corrected chi connectivity index (χ4v) is 2.77. The number of fused-ring (bicyclic) bond motifs is 1. The van der Waals surface area contributed by atoms with Gasteiger partial charge in [0.05, 0.1) is 6.54 Å². The Labute approximate surface area is 108 Å². The third-order valence-electron chi connectivity index (χ3n) is 3.75. The number of likely N-dealkylation sites (tertiary alicyclic amines) is 1. The van der Waals surface area contributed by atoms with Gasteiger partial charge in [-0.2, -0.15) is 0 Å². The van der Waals surface area contributed by atoms with Gasteiger partial charge in [-0.15, -0.1) is 0 Å². The number of nitrogens with two attached hydrogens (primary N) is 1. The lowest BCUT2D eigenvalue weighted by Crippen LogP contribution is -2.28. The smallest absolute Gasteiger partial charge is 0.134 e. The van der Waals surface area contributed by atoms with Crippen LogP contribution in [0.5, 0.6) is 0 Å². The summed E-state index contributed by atoms with van der Waals surface area (Å²) in [5.41, 5.74) is 7.89. The highest BCUT2D eigenvalue weighted by atomic mass is 16.3. The first-order chi connectivity index (χ1) is 8.86. The summed E-state index contributed by atoms with van der Waals surface area (Å²) >= 11 is 0. The van der Waals surface area contributed by atoms with Crippen molar-refractivity contribution in [2.75, 3.05) is 13.1 Å². The highest BCUT2D eigenvalue weighted by Gasteiger charge is 2.13. The van der Waals surface area contributed by atoms with Gasteiger partial charge in [0, 0.05) is 11.9 Å². The Morgan fingerprint density at radius 2 is 2.00 bits per heavy atom. The summed E-state index contributed by atoms with van der Waals surface area (Å²) in [5.74, 6) is 1.06. The summed E-state index contributed by atoms with van der Waals surface area (Å²) in [6.07, 6.45) is 4.00. The lowest BCUT2D eigenvalue weighted by atomic mass is 10.1. The van der Waals surface area contributed by atoms with E-state index in [9.17, 15) is 0 Å². The van der Waals surface area contributed by atoms with Crippen LogP contribution in [-0.4, -0.2) is 18.0 Å². The summed E-state index contributed by atoms with van der Waals surface area (Å²) in [7, 11) is 0. The van der Waals surface area contributed by atoms with Crippen molar-refractivity contribution in [3.63, 3.8) is 0 Å². The van der Waals surface area contributed by atoms with Crippen LogP contribution in [-0.2, 0) is 13.1 Å². The van der Waals surface area contributed by atoms with Crippen molar-refractivity contribution in [3.8, 4) is 0 Å². The van der Waals surface area contributed by atoms with Gasteiger partial charge in [0.2, 0.25) is 0 Å². The van der Waals surface area contributed by atoms with Crippen LogP contribution in [0.2, 0.25) is 0 Å². The summed E-state index contributed by atoms with van der Waals surface area (Å²) in [4.78, 5) is 2.48. The molecule has 0 amide bonds. The molecule has 1 aromatic heterocycles. The third-order valence-corrected chi connectivity index (χ3v) is 3.75. The van der Waals surface area contributed by atoms with E-state index in [0.717, 1.165) is 17.9 Å². The maximum Gasteiger partial charge on any atom is 0.134 e. The number of nitrogens with zero attached hydrogens (tertiary/aromatic N) is 1. The van der Waals surface area contributed by atoms with Crippen LogP contribution in [0, 0.1) is 0 Å². The van der Waals surface area contributed by atoms with E-state index in [1.807, 2.05) is 12.1 Å². The van der Waals surface area contributed by atoms with Gasteiger partial charge in [-0.1, -0.05) is 18.6 Å². The SMILES string of the molecule is NCc1cccc2oc(CN3CCCCC3)cc12. The number of benzene rings is 1. The van der Waals surface area contributed by atoms with Crippen molar-refractivity contribution < 1.29 is 4.42 Å². The fourth-order valence-electron chi connectivity index (χ4n) is 2.77. The van der Waals surface area contributed by atoms with Crippen LogP contribution in [0.4, 0.5) is 0 Å². The van der Waals surface area contributed by atoms with Crippen LogP contribution < -0.4 is 5.73 Å². The van der Waals surface area contributed by atoms with E-state index in [-0.39, 0.29) is 0 Å². The van der Waals surface area contributed by atoms with Crippen molar-refractivity contribution in [2.24, 2.45) is 5.73 Å². The minimum Gasteiger partial charge on any atom is -0.460 e. The van der Waals surface area contributed by atoms with Gasteiger partial charge in [-0.3, -0.25) is 4.90 Å². The quantitative estimate of drug-likeness (QED) is 0.902. The molecule has 2 heterocycles. The monoisotopic (exact) mass is 244 g/mol. The Morgan fingerprint density at radius 3 is 2.78 bits per heavy atom. The minimum absolute atomic E-state index is 0.569. The van der Waals surface area contributed by atoms with Gasteiger partial charge in [0.25, 0.3) is 0 Å². The molecular weight excluding hydrogens is 224 g/mol. The molecule has 3 rings (SSSR count). The largest absolute Gasteiger partial charge is 0.460 e. The second-order valence-electron chi connectivity index (χ2n) is 5.08. The lowest BCUT2D eigenvalue weighted by molar-refractivity contribution is 0.207. The molecule has 1 fully saturated rings. The molecule has 0 spiro atoms. The summed E-state index contributed by atoms with van der Waals surface area (Å²) in [6, 6.07) is 8.27. The van der Waals surface area contributed by atoms with Crippen molar-refractivity contribution in [1.29, 1.82) is 0 Å². The second kappa shape index (κ2) is 5.12. The van der Waals surface area contributed by atoms with E-state index in [4.69, 9.17) is 10.2 Å². The summed E-state index contributed by atoms with van der Waals surface area (Å²) < 4.78 is 5.92. The van der Waals surface area contributed by atoms with Gasteiger partial charge in [0.1, 0.15) is 11.3 Å². The average molecular weight is 244 g/mol. The number of hydrogen-bond acceptors (Lipinski definition) is 3. The van der Waals surface area contributed by atoms with Crippen molar-refractivity contribution >= 4 is 11.0 Å². The first-order valence-electron chi connectivity index (χ1n) is 6.79. The number of furan rings is 1. The average Bonchev–Trinajstić information content (AvgIpc) is 2.82. The molecule has 0 radical (unpaired) electrons. The van der Waals surface area contributed by atoms with Gasteiger partial charge in [-0.25, -0.2) is 0 Å². The fraction of sp³-hybridized carbons (Fsp3) is 0.467. The predicted octanol–water partition coefficient (Wildman–Crippen LogP) is 2.88. The summed E-state index contributed by atoms with van der Waals surface area (Å²) in [5, 5.41) is 1.17. The molecule has 0 aliphatic carbocycles. The predicted molar refractivity (Wildman–Crippen MR) is 73.2 cm³/mol. The topological polar surface area (TPSA) is 42.4 Å². The molecular formula is C15H20N2O. The first kappa shape index (κ1) is 11.8. The molecule has 0 bridgehead atoms. The zero-order chi connectivity index (χ0) is 12.4. The van der Waals surface area contributed by atoms with Crippen LogP contribution in [0.25, 0.3) is 11.0 Å². The molecule has 3 heteroatoms. The molecule has 0 atom stereocenters. The van der Waals surface area contributed by atoms with Crippen LogP contribution in [0.3, 0.4) is 0 Å². The zero-order valence-electron chi connectivity index (χ0n) is 10.7. The highest BCUT2D eigenvalue weighted by Crippen LogP contribution is 2.24. The Morgan fingerprint density at radius 1 is 1.17 bits per heavy atom. The van der Waals surface area contributed by atoms with Gasteiger partial charge < -0.3 is 10.2 Å². The third kappa shape index (κ3) is 2.28. The number of hydrogen-bond donors (Lipinski definition) is 1. The molecule has 96 valence electrons. The van der Waals surface area contributed by atoms with Gasteiger partial charge in [0.15, 0.2) is 0 Å². The Balaban J connectivity index is 1.84. The second-order valence-corrected chi connectivity index (χ2v) is 5.08. The standard InChI is InChI=1S/C15H20N2O/c16-10-12-5-4-6-15-14(12)9-13(18-15)11-17-7-2-1-3-8-17/h4-6,9H,1-3,7-8,10-11,16H2. The van der Waals surface area contributed by atoms with Crippen LogP contribution in [0.15, 0.2) is 28.7 Å². The van der Waals surface area contributed by atoms with E-state index in [2.05, 4.69) is 17.0 Å².